The minimum Gasteiger partial charge on any atom is -0.491 e. The summed E-state index contributed by atoms with van der Waals surface area (Å²) < 4.78 is 5.46. The molecule has 7 nitrogen and oxygen atoms in total. The Kier molecular flexibility index (Phi) is 5.29. The molecular weight excluding hydrogens is 264 g/mol. The van der Waals surface area contributed by atoms with E-state index < -0.39 is 10.5 Å². The molecule has 0 saturated carbocycles. The first kappa shape index (κ1) is 16.2. The van der Waals surface area contributed by atoms with Gasteiger partial charge < -0.3 is 20.3 Å². The average molecular weight is 284 g/mol. The molecule has 0 heterocycles. The predicted molar refractivity (Wildman–Crippen MR) is 75.1 cm³/mol. The molecule has 20 heavy (non-hydrogen) atoms. The highest BCUT2D eigenvalue weighted by molar-refractivity contribution is 5.57. The molecule has 1 aromatic rings. The Bertz CT molecular complexity index is 472. The summed E-state index contributed by atoms with van der Waals surface area (Å²) >= 11 is 0. The van der Waals surface area contributed by atoms with E-state index in [0.717, 1.165) is 0 Å². The van der Waals surface area contributed by atoms with Crippen LogP contribution in [-0.4, -0.2) is 40.0 Å². The Balaban J connectivity index is 3.11. The van der Waals surface area contributed by atoms with Gasteiger partial charge in [0.2, 0.25) is 0 Å². The van der Waals surface area contributed by atoms with Crippen molar-refractivity contribution in [1.29, 1.82) is 0 Å². The van der Waals surface area contributed by atoms with Crippen LogP contribution >= 0.6 is 0 Å². The van der Waals surface area contributed by atoms with Crippen LogP contribution < -0.4 is 10.1 Å². The van der Waals surface area contributed by atoms with Gasteiger partial charge in [0.1, 0.15) is 5.75 Å². The molecule has 0 aliphatic heterocycles. The van der Waals surface area contributed by atoms with Crippen molar-refractivity contribution < 1.29 is 19.9 Å². The third kappa shape index (κ3) is 4.36. The van der Waals surface area contributed by atoms with Gasteiger partial charge >= 0.3 is 0 Å². The van der Waals surface area contributed by atoms with Crippen molar-refractivity contribution in [1.82, 2.24) is 0 Å². The van der Waals surface area contributed by atoms with E-state index in [1.165, 1.54) is 12.1 Å². The van der Waals surface area contributed by atoms with E-state index in [4.69, 9.17) is 4.74 Å². The maximum absolute atomic E-state index is 10.9. The van der Waals surface area contributed by atoms with E-state index in [-0.39, 0.29) is 25.0 Å². The van der Waals surface area contributed by atoms with Crippen molar-refractivity contribution in [3.63, 3.8) is 0 Å². The van der Waals surface area contributed by atoms with Crippen molar-refractivity contribution in [2.75, 3.05) is 18.5 Å². The molecule has 0 aliphatic carbocycles. The van der Waals surface area contributed by atoms with Crippen LogP contribution in [0.4, 0.5) is 11.4 Å². The Morgan fingerprint density at radius 2 is 1.95 bits per heavy atom. The molecule has 0 unspecified atom stereocenters. The summed E-state index contributed by atoms with van der Waals surface area (Å²) in [5.74, 6) is 0.356. The molecule has 0 amide bonds. The zero-order chi connectivity index (χ0) is 15.3. The van der Waals surface area contributed by atoms with E-state index in [2.05, 4.69) is 5.32 Å². The number of aliphatic hydroxyl groups excluding tert-OH is 2. The number of nitro groups is 1. The number of hydrogen-bond donors (Lipinski definition) is 3. The lowest BCUT2D eigenvalue weighted by atomic mass is 10.0. The maximum Gasteiger partial charge on any atom is 0.275 e. The number of nitrogens with zero attached hydrogens (tertiary/aromatic N) is 1. The van der Waals surface area contributed by atoms with E-state index in [9.17, 15) is 20.3 Å². The molecule has 0 aliphatic rings. The predicted octanol–water partition coefficient (Wildman–Crippen LogP) is 1.54. The summed E-state index contributed by atoms with van der Waals surface area (Å²) in [5, 5.41) is 32.3. The van der Waals surface area contributed by atoms with Crippen molar-refractivity contribution in [2.45, 2.75) is 32.4 Å². The minimum atomic E-state index is -0.968. The van der Waals surface area contributed by atoms with Crippen LogP contribution in [0, 0.1) is 10.1 Å². The van der Waals surface area contributed by atoms with Crippen LogP contribution in [0.15, 0.2) is 18.2 Å². The third-order valence-electron chi connectivity index (χ3n) is 2.62. The molecule has 0 fully saturated rings. The quantitative estimate of drug-likeness (QED) is 0.518. The van der Waals surface area contributed by atoms with Crippen LogP contribution in [0.1, 0.15) is 20.8 Å². The number of nitro benzene ring substituents is 1. The standard InChI is InChI=1S/C13H20N2O5/c1-9(2)20-12-5-10(4-11(6-12)15(18)19)14-13(3,7-16)8-17/h4-6,9,14,16-17H,7-8H2,1-3H3. The number of benzene rings is 1. The van der Waals surface area contributed by atoms with Gasteiger partial charge in [0.15, 0.2) is 0 Å². The van der Waals surface area contributed by atoms with E-state index >= 15 is 0 Å². The van der Waals surface area contributed by atoms with Gasteiger partial charge in [0, 0.05) is 17.8 Å². The lowest BCUT2D eigenvalue weighted by Crippen LogP contribution is -2.42. The maximum atomic E-state index is 10.9. The Morgan fingerprint density at radius 3 is 2.40 bits per heavy atom. The second-order valence-corrected chi connectivity index (χ2v) is 5.14. The van der Waals surface area contributed by atoms with Gasteiger partial charge in [-0.1, -0.05) is 0 Å². The first-order valence-corrected chi connectivity index (χ1v) is 6.25. The first-order chi connectivity index (χ1) is 9.29. The Labute approximate surface area is 117 Å². The van der Waals surface area contributed by atoms with Crippen molar-refractivity contribution in [3.8, 4) is 5.75 Å². The Hall–Kier alpha value is -1.86. The SMILES string of the molecule is CC(C)Oc1cc(NC(C)(CO)CO)cc([N+](=O)[O-])c1. The van der Waals surface area contributed by atoms with Gasteiger partial charge in [-0.25, -0.2) is 0 Å². The third-order valence-corrected chi connectivity index (χ3v) is 2.62. The first-order valence-electron chi connectivity index (χ1n) is 6.25. The number of aliphatic hydroxyl groups is 2. The topological polar surface area (TPSA) is 105 Å². The molecule has 1 aromatic carbocycles. The second kappa shape index (κ2) is 6.53. The van der Waals surface area contributed by atoms with Crippen molar-refractivity contribution in [3.05, 3.63) is 28.3 Å². The zero-order valence-electron chi connectivity index (χ0n) is 11.8. The van der Waals surface area contributed by atoms with Crippen LogP contribution in [0.5, 0.6) is 5.75 Å². The van der Waals surface area contributed by atoms with E-state index in [1.54, 1.807) is 13.0 Å². The molecule has 112 valence electrons. The number of hydrogen-bond acceptors (Lipinski definition) is 6. The highest BCUT2D eigenvalue weighted by atomic mass is 16.6. The minimum absolute atomic E-state index is 0.119. The van der Waals surface area contributed by atoms with Gasteiger partial charge in [0.25, 0.3) is 5.69 Å². The summed E-state index contributed by atoms with van der Waals surface area (Å²) in [5.41, 5.74) is -0.686. The molecule has 0 radical (unpaired) electrons. The van der Waals surface area contributed by atoms with Crippen LogP contribution in [0.2, 0.25) is 0 Å². The fraction of sp³-hybridized carbons (Fsp3) is 0.538. The Morgan fingerprint density at radius 1 is 1.35 bits per heavy atom. The van der Waals surface area contributed by atoms with Gasteiger partial charge in [-0.3, -0.25) is 10.1 Å². The normalized spacial score (nSPS) is 11.5. The zero-order valence-corrected chi connectivity index (χ0v) is 11.8. The van der Waals surface area contributed by atoms with Crippen LogP contribution in [0.3, 0.4) is 0 Å². The second-order valence-electron chi connectivity index (χ2n) is 5.14. The monoisotopic (exact) mass is 284 g/mol. The van der Waals surface area contributed by atoms with Gasteiger partial charge in [-0.15, -0.1) is 0 Å². The summed E-state index contributed by atoms with van der Waals surface area (Å²) in [4.78, 5) is 10.4. The molecule has 0 aromatic heterocycles. The lowest BCUT2D eigenvalue weighted by Gasteiger charge is -2.27. The fourth-order valence-corrected chi connectivity index (χ4v) is 1.58. The van der Waals surface area contributed by atoms with Crippen LogP contribution in [-0.2, 0) is 0 Å². The molecule has 0 spiro atoms. The molecular formula is C13H20N2O5. The lowest BCUT2D eigenvalue weighted by molar-refractivity contribution is -0.384. The van der Waals surface area contributed by atoms with Gasteiger partial charge in [-0.05, 0) is 20.8 Å². The molecule has 3 N–H and O–H groups in total. The summed E-state index contributed by atoms with van der Waals surface area (Å²) in [7, 11) is 0. The van der Waals surface area contributed by atoms with Gasteiger partial charge in [0.05, 0.1) is 35.8 Å². The molecule has 7 heteroatoms. The molecule has 0 bridgehead atoms. The van der Waals surface area contributed by atoms with Crippen molar-refractivity contribution in [2.24, 2.45) is 0 Å². The smallest absolute Gasteiger partial charge is 0.275 e. The largest absolute Gasteiger partial charge is 0.491 e. The molecule has 0 atom stereocenters. The number of rotatable bonds is 7. The fourth-order valence-electron chi connectivity index (χ4n) is 1.58. The molecule has 1 rings (SSSR count). The highest BCUT2D eigenvalue weighted by Gasteiger charge is 2.23. The van der Waals surface area contributed by atoms with Gasteiger partial charge in [-0.2, -0.15) is 0 Å². The number of ether oxygens (including phenoxy) is 1. The average Bonchev–Trinajstić information content (AvgIpc) is 2.37. The number of non-ortho nitro benzene ring substituents is 1. The summed E-state index contributed by atoms with van der Waals surface area (Å²) in [6.07, 6.45) is -0.119. The number of anilines is 1. The van der Waals surface area contributed by atoms with E-state index in [0.29, 0.717) is 11.4 Å². The van der Waals surface area contributed by atoms with E-state index in [1.807, 2.05) is 13.8 Å². The summed E-state index contributed by atoms with van der Waals surface area (Å²) in [6.45, 7) is 4.61. The van der Waals surface area contributed by atoms with Crippen molar-refractivity contribution >= 4 is 11.4 Å². The molecule has 0 saturated heterocycles. The number of nitrogens with one attached hydrogen (secondary N) is 1. The summed E-state index contributed by atoms with van der Waals surface area (Å²) in [6, 6.07) is 4.26. The highest BCUT2D eigenvalue weighted by Crippen LogP contribution is 2.28. The van der Waals surface area contributed by atoms with Crippen LogP contribution in [0.25, 0.3) is 0 Å².